The zero-order valence-electron chi connectivity index (χ0n) is 11.4. The molecule has 0 aromatic heterocycles. The summed E-state index contributed by atoms with van der Waals surface area (Å²) >= 11 is 3.25. The molecule has 1 unspecified atom stereocenters. The molecule has 0 saturated heterocycles. The summed E-state index contributed by atoms with van der Waals surface area (Å²) in [7, 11) is 0. The van der Waals surface area contributed by atoms with Crippen LogP contribution in [0.15, 0.2) is 0 Å². The maximum atomic E-state index is 12.0. The molecule has 0 aliphatic rings. The molecule has 0 amide bonds. The van der Waals surface area contributed by atoms with Crippen molar-refractivity contribution in [1.29, 1.82) is 0 Å². The highest BCUT2D eigenvalue weighted by atomic mass is 33.1. The number of hydrogen-bond donors (Lipinski definition) is 0. The van der Waals surface area contributed by atoms with Gasteiger partial charge < -0.3 is 4.57 Å². The van der Waals surface area contributed by atoms with Gasteiger partial charge >= 0.3 is 0 Å². The molecule has 0 N–H and O–H groups in total. The Morgan fingerprint density at radius 2 is 1.62 bits per heavy atom. The molecular weight excluding hydrogens is 257 g/mol. The third kappa shape index (κ3) is 7.26. The standard InChI is InChI=1S/C11H26NOPS2/c1-7-15-14(6,13)16-9-8-12(10(2)3)11(4)5/h10-11H,7-9H2,1-6H3. The van der Waals surface area contributed by atoms with Crippen molar-refractivity contribution in [2.45, 2.75) is 46.7 Å². The SMILES string of the molecule is CCSP(C)(=O)SCCN(C(C)C)C(C)C. The first kappa shape index (κ1) is 16.9. The summed E-state index contributed by atoms with van der Waals surface area (Å²) in [4.78, 5) is 2.45. The molecule has 0 bridgehead atoms. The van der Waals surface area contributed by atoms with E-state index in [2.05, 4.69) is 39.5 Å². The molecule has 0 spiro atoms. The van der Waals surface area contributed by atoms with Crippen LogP contribution in [0.25, 0.3) is 0 Å². The van der Waals surface area contributed by atoms with E-state index in [0.29, 0.717) is 12.1 Å². The highest BCUT2D eigenvalue weighted by Crippen LogP contribution is 2.65. The molecule has 0 aliphatic carbocycles. The Labute approximate surface area is 109 Å². The molecule has 0 radical (unpaired) electrons. The van der Waals surface area contributed by atoms with Crippen LogP contribution < -0.4 is 0 Å². The molecule has 5 heteroatoms. The number of rotatable bonds is 8. The molecule has 16 heavy (non-hydrogen) atoms. The van der Waals surface area contributed by atoms with Crippen LogP contribution in [0.5, 0.6) is 0 Å². The van der Waals surface area contributed by atoms with E-state index in [1.165, 1.54) is 0 Å². The molecule has 0 aliphatic heterocycles. The van der Waals surface area contributed by atoms with Gasteiger partial charge in [0.15, 0.2) is 5.55 Å². The van der Waals surface area contributed by atoms with Gasteiger partial charge in [0.1, 0.15) is 0 Å². The van der Waals surface area contributed by atoms with Crippen LogP contribution in [0.1, 0.15) is 34.6 Å². The molecule has 0 rings (SSSR count). The van der Waals surface area contributed by atoms with Gasteiger partial charge in [0, 0.05) is 31.0 Å². The molecule has 1 atom stereocenters. The second kappa shape index (κ2) is 8.07. The normalized spacial score (nSPS) is 16.1. The predicted molar refractivity (Wildman–Crippen MR) is 81.1 cm³/mol. The molecular formula is C11H26NOPS2. The van der Waals surface area contributed by atoms with Gasteiger partial charge in [-0.2, -0.15) is 0 Å². The molecule has 0 aromatic rings. The van der Waals surface area contributed by atoms with Gasteiger partial charge in [-0.15, -0.1) is 0 Å². The zero-order valence-corrected chi connectivity index (χ0v) is 13.9. The zero-order chi connectivity index (χ0) is 12.8. The fourth-order valence-corrected chi connectivity index (χ4v) is 8.03. The predicted octanol–water partition coefficient (Wildman–Crippen LogP) is 4.41. The van der Waals surface area contributed by atoms with Crippen LogP contribution >= 0.6 is 28.3 Å². The highest BCUT2D eigenvalue weighted by molar-refractivity contribution is 8.90. The number of nitrogens with zero attached hydrogens (tertiary/aromatic N) is 1. The van der Waals surface area contributed by atoms with E-state index < -0.39 is 5.55 Å². The lowest BCUT2D eigenvalue weighted by molar-refractivity contribution is 0.187. The van der Waals surface area contributed by atoms with Crippen molar-refractivity contribution < 1.29 is 4.57 Å². The largest absolute Gasteiger partial charge is 0.301 e. The summed E-state index contributed by atoms with van der Waals surface area (Å²) < 4.78 is 12.0. The van der Waals surface area contributed by atoms with E-state index >= 15 is 0 Å². The molecule has 0 aromatic carbocycles. The Morgan fingerprint density at radius 1 is 1.12 bits per heavy atom. The quantitative estimate of drug-likeness (QED) is 0.614. The molecule has 98 valence electrons. The van der Waals surface area contributed by atoms with E-state index in [1.807, 2.05) is 6.66 Å². The average molecular weight is 283 g/mol. The Bertz CT molecular complexity index is 226. The molecule has 2 nitrogen and oxygen atoms in total. The van der Waals surface area contributed by atoms with E-state index in [0.717, 1.165) is 18.1 Å². The van der Waals surface area contributed by atoms with Gasteiger partial charge in [-0.25, -0.2) is 0 Å². The first-order chi connectivity index (χ1) is 7.30. The minimum absolute atomic E-state index is 0.565. The van der Waals surface area contributed by atoms with E-state index in [-0.39, 0.29) is 0 Å². The van der Waals surface area contributed by atoms with Crippen molar-refractivity contribution in [1.82, 2.24) is 4.90 Å². The van der Waals surface area contributed by atoms with Gasteiger partial charge in [0.2, 0.25) is 0 Å². The summed E-state index contributed by atoms with van der Waals surface area (Å²) in [6, 6.07) is 1.13. The lowest BCUT2D eigenvalue weighted by Gasteiger charge is -2.30. The van der Waals surface area contributed by atoms with Gasteiger partial charge in [0.25, 0.3) is 0 Å². The van der Waals surface area contributed by atoms with Crippen LogP contribution in [0, 0.1) is 0 Å². The second-order valence-electron chi connectivity index (χ2n) is 4.45. The Morgan fingerprint density at radius 3 is 2.00 bits per heavy atom. The van der Waals surface area contributed by atoms with Gasteiger partial charge in [-0.1, -0.05) is 29.7 Å². The van der Waals surface area contributed by atoms with Crippen LogP contribution in [-0.4, -0.2) is 41.7 Å². The maximum absolute atomic E-state index is 12.0. The molecule has 0 heterocycles. The lowest BCUT2D eigenvalue weighted by Crippen LogP contribution is -2.38. The van der Waals surface area contributed by atoms with Crippen LogP contribution in [-0.2, 0) is 4.57 Å². The summed E-state index contributed by atoms with van der Waals surface area (Å²) in [5, 5.41) is 0. The van der Waals surface area contributed by atoms with Gasteiger partial charge in [-0.3, -0.25) is 4.90 Å². The summed E-state index contributed by atoms with van der Waals surface area (Å²) in [6.07, 6.45) is 0. The van der Waals surface area contributed by atoms with Crippen molar-refractivity contribution in [3.8, 4) is 0 Å². The topological polar surface area (TPSA) is 20.3 Å². The molecule has 0 fully saturated rings. The summed E-state index contributed by atoms with van der Waals surface area (Å²) in [6.45, 7) is 13.9. The first-order valence-corrected chi connectivity index (χ1v) is 11.3. The van der Waals surface area contributed by atoms with Crippen molar-refractivity contribution in [2.24, 2.45) is 0 Å². The van der Waals surface area contributed by atoms with Crippen molar-refractivity contribution in [3.05, 3.63) is 0 Å². The van der Waals surface area contributed by atoms with Crippen LogP contribution in [0.4, 0.5) is 0 Å². The highest BCUT2D eigenvalue weighted by Gasteiger charge is 2.18. The smallest absolute Gasteiger partial charge is 0.188 e. The third-order valence-corrected chi connectivity index (χ3v) is 9.96. The monoisotopic (exact) mass is 283 g/mol. The maximum Gasteiger partial charge on any atom is 0.188 e. The van der Waals surface area contributed by atoms with Crippen molar-refractivity contribution in [3.63, 3.8) is 0 Å². The Hall–Kier alpha value is 0.890. The molecule has 0 saturated carbocycles. The number of hydrogen-bond acceptors (Lipinski definition) is 4. The van der Waals surface area contributed by atoms with E-state index in [9.17, 15) is 4.57 Å². The van der Waals surface area contributed by atoms with Crippen LogP contribution in [0.2, 0.25) is 0 Å². The fraction of sp³-hybridized carbons (Fsp3) is 1.00. The lowest BCUT2D eigenvalue weighted by atomic mass is 10.2. The van der Waals surface area contributed by atoms with Crippen LogP contribution in [0.3, 0.4) is 0 Å². The second-order valence-corrected chi connectivity index (χ2v) is 13.9. The average Bonchev–Trinajstić information content (AvgIpc) is 2.10. The van der Waals surface area contributed by atoms with Gasteiger partial charge in [0.05, 0.1) is 0 Å². The van der Waals surface area contributed by atoms with E-state index in [4.69, 9.17) is 0 Å². The van der Waals surface area contributed by atoms with E-state index in [1.54, 1.807) is 22.8 Å². The van der Waals surface area contributed by atoms with Crippen molar-refractivity contribution in [2.75, 3.05) is 24.7 Å². The third-order valence-electron chi connectivity index (χ3n) is 2.37. The Balaban J connectivity index is 4.00. The minimum atomic E-state index is -2.00. The minimum Gasteiger partial charge on any atom is -0.301 e. The summed E-state index contributed by atoms with van der Waals surface area (Å²) in [5.41, 5.74) is -2.00. The Kier molecular flexibility index (Phi) is 8.52. The summed E-state index contributed by atoms with van der Waals surface area (Å²) in [5.74, 6) is 1.91. The fourth-order valence-electron chi connectivity index (χ4n) is 1.70. The first-order valence-electron chi connectivity index (χ1n) is 5.92. The van der Waals surface area contributed by atoms with Crippen molar-refractivity contribution >= 4 is 28.3 Å². The van der Waals surface area contributed by atoms with Gasteiger partial charge in [-0.05, 0) is 33.4 Å².